The zero-order chi connectivity index (χ0) is 19.3. The summed E-state index contributed by atoms with van der Waals surface area (Å²) in [4.78, 5) is 14.1. The molecule has 0 bridgehead atoms. The summed E-state index contributed by atoms with van der Waals surface area (Å²) in [6.07, 6.45) is 7.59. The quantitative estimate of drug-likeness (QED) is 0.572. The number of nitrogen functional groups attached to an aromatic ring is 1. The molecule has 0 aliphatic heterocycles. The normalized spacial score (nSPS) is 13.1. The van der Waals surface area contributed by atoms with Gasteiger partial charge in [0.05, 0.1) is 10.6 Å². The highest BCUT2D eigenvalue weighted by molar-refractivity contribution is 7.16. The summed E-state index contributed by atoms with van der Waals surface area (Å²) in [6, 6.07) is 18.8. The van der Waals surface area contributed by atoms with Gasteiger partial charge in [0.1, 0.15) is 0 Å². The van der Waals surface area contributed by atoms with Crippen molar-refractivity contribution in [2.75, 3.05) is 11.1 Å². The molecule has 1 aliphatic carbocycles. The molecule has 0 spiro atoms. The van der Waals surface area contributed by atoms with Crippen LogP contribution < -0.4 is 11.1 Å². The van der Waals surface area contributed by atoms with Gasteiger partial charge in [-0.15, -0.1) is 11.3 Å². The number of thiophene rings is 1. The molecule has 0 unspecified atom stereocenters. The van der Waals surface area contributed by atoms with E-state index in [0.717, 1.165) is 44.2 Å². The molecule has 1 amide bonds. The number of hydrogen-bond acceptors (Lipinski definition) is 3. The predicted octanol–water partition coefficient (Wildman–Crippen LogP) is 5.64. The summed E-state index contributed by atoms with van der Waals surface area (Å²) in [5, 5.41) is 3.69. The fraction of sp³-hybridized carbons (Fsp3) is 0.292. The Labute approximate surface area is 170 Å². The largest absolute Gasteiger partial charge is 0.390 e. The number of carbonyl (C=O) groups is 1. The maximum absolute atomic E-state index is 12.8. The van der Waals surface area contributed by atoms with Crippen LogP contribution in [-0.4, -0.2) is 5.91 Å². The molecule has 0 saturated heterocycles. The fourth-order valence-electron chi connectivity index (χ4n) is 3.93. The molecule has 1 heterocycles. The molecule has 3 nitrogen and oxygen atoms in total. The molecule has 0 fully saturated rings. The standard InChI is InChI=1S/C24H26N2OS/c25-23-22(20-11-4-5-12-21(20)28-23)24(27)26-19-15-13-18(14-16-19)10-6-9-17-7-2-1-3-8-17/h1-3,7-8,13-16H,4-6,9-12,25H2,(H,26,27). The maximum atomic E-state index is 12.8. The van der Waals surface area contributed by atoms with E-state index < -0.39 is 0 Å². The van der Waals surface area contributed by atoms with Crippen molar-refractivity contribution < 1.29 is 4.79 Å². The summed E-state index contributed by atoms with van der Waals surface area (Å²) >= 11 is 1.58. The summed E-state index contributed by atoms with van der Waals surface area (Å²) < 4.78 is 0. The third-order valence-corrected chi connectivity index (χ3v) is 6.53. The first-order valence-corrected chi connectivity index (χ1v) is 10.9. The van der Waals surface area contributed by atoms with E-state index in [1.54, 1.807) is 11.3 Å². The van der Waals surface area contributed by atoms with Crippen LogP contribution in [0, 0.1) is 0 Å². The molecule has 4 heteroatoms. The van der Waals surface area contributed by atoms with E-state index in [2.05, 4.69) is 47.8 Å². The number of hydrogen-bond donors (Lipinski definition) is 2. The number of nitrogens with two attached hydrogens (primary N) is 1. The number of benzene rings is 2. The number of rotatable bonds is 6. The van der Waals surface area contributed by atoms with Crippen LogP contribution in [0.5, 0.6) is 0 Å². The van der Waals surface area contributed by atoms with E-state index in [-0.39, 0.29) is 5.91 Å². The van der Waals surface area contributed by atoms with Gasteiger partial charge in [-0.2, -0.15) is 0 Å². The maximum Gasteiger partial charge on any atom is 0.258 e. The number of amides is 1. The van der Waals surface area contributed by atoms with Crippen molar-refractivity contribution in [3.63, 3.8) is 0 Å². The van der Waals surface area contributed by atoms with Crippen LogP contribution in [0.3, 0.4) is 0 Å². The molecule has 0 radical (unpaired) electrons. The minimum absolute atomic E-state index is 0.0753. The Kier molecular flexibility index (Phi) is 5.77. The molecule has 3 N–H and O–H groups in total. The van der Waals surface area contributed by atoms with E-state index in [4.69, 9.17) is 5.73 Å². The third-order valence-electron chi connectivity index (χ3n) is 5.41. The molecule has 144 valence electrons. The Morgan fingerprint density at radius 1 is 0.929 bits per heavy atom. The zero-order valence-corrected chi connectivity index (χ0v) is 16.9. The molecule has 0 atom stereocenters. The molecule has 4 rings (SSSR count). The lowest BCUT2D eigenvalue weighted by molar-refractivity contribution is 0.102. The smallest absolute Gasteiger partial charge is 0.258 e. The summed E-state index contributed by atoms with van der Waals surface area (Å²) in [5.41, 5.74) is 11.5. The third kappa shape index (κ3) is 4.28. The first-order valence-electron chi connectivity index (χ1n) is 10.0. The summed E-state index contributed by atoms with van der Waals surface area (Å²) in [7, 11) is 0. The van der Waals surface area contributed by atoms with Crippen molar-refractivity contribution in [1.82, 2.24) is 0 Å². The van der Waals surface area contributed by atoms with E-state index in [9.17, 15) is 4.79 Å². The Morgan fingerprint density at radius 3 is 2.36 bits per heavy atom. The van der Waals surface area contributed by atoms with E-state index >= 15 is 0 Å². The van der Waals surface area contributed by atoms with Gasteiger partial charge in [0.2, 0.25) is 0 Å². The molecule has 3 aromatic rings. The SMILES string of the molecule is Nc1sc2c(c1C(=O)Nc1ccc(CCCc3ccccc3)cc1)CCCC2. The van der Waals surface area contributed by atoms with Gasteiger partial charge < -0.3 is 11.1 Å². The molecule has 0 saturated carbocycles. The van der Waals surface area contributed by atoms with Gasteiger partial charge in [-0.3, -0.25) is 4.79 Å². The van der Waals surface area contributed by atoms with Gasteiger partial charge in [0, 0.05) is 10.6 Å². The van der Waals surface area contributed by atoms with Crippen LogP contribution >= 0.6 is 11.3 Å². The van der Waals surface area contributed by atoms with Gasteiger partial charge in [-0.25, -0.2) is 0 Å². The first kappa shape index (κ1) is 18.8. The highest BCUT2D eigenvalue weighted by atomic mass is 32.1. The van der Waals surface area contributed by atoms with Crippen LogP contribution in [0.1, 0.15) is 51.2 Å². The van der Waals surface area contributed by atoms with Crippen LogP contribution in [-0.2, 0) is 25.7 Å². The monoisotopic (exact) mass is 390 g/mol. The second-order valence-electron chi connectivity index (χ2n) is 7.44. The fourth-order valence-corrected chi connectivity index (χ4v) is 5.08. The molecule has 1 aliphatic rings. The molecular weight excluding hydrogens is 364 g/mol. The van der Waals surface area contributed by atoms with Crippen molar-refractivity contribution in [3.05, 3.63) is 81.7 Å². The topological polar surface area (TPSA) is 55.1 Å². The van der Waals surface area contributed by atoms with Gasteiger partial charge in [0.25, 0.3) is 5.91 Å². The summed E-state index contributed by atoms with van der Waals surface area (Å²) in [5.74, 6) is -0.0753. The predicted molar refractivity (Wildman–Crippen MR) is 118 cm³/mol. The average Bonchev–Trinajstić information content (AvgIpc) is 3.06. The highest BCUT2D eigenvalue weighted by Crippen LogP contribution is 2.36. The Hall–Kier alpha value is -2.59. The van der Waals surface area contributed by atoms with Crippen LogP contribution in [0.4, 0.5) is 10.7 Å². The summed E-state index contributed by atoms with van der Waals surface area (Å²) in [6.45, 7) is 0. The van der Waals surface area contributed by atoms with Crippen LogP contribution in [0.25, 0.3) is 0 Å². The minimum Gasteiger partial charge on any atom is -0.390 e. The Bertz CT molecular complexity index is 945. The second-order valence-corrected chi connectivity index (χ2v) is 8.58. The average molecular weight is 391 g/mol. The van der Waals surface area contributed by atoms with Gasteiger partial charge in [-0.05, 0) is 73.8 Å². The Morgan fingerprint density at radius 2 is 1.61 bits per heavy atom. The van der Waals surface area contributed by atoms with Crippen molar-refractivity contribution in [2.45, 2.75) is 44.9 Å². The molecule has 2 aromatic carbocycles. The number of anilines is 2. The Balaban J connectivity index is 1.35. The van der Waals surface area contributed by atoms with Gasteiger partial charge >= 0.3 is 0 Å². The van der Waals surface area contributed by atoms with Crippen molar-refractivity contribution in [1.29, 1.82) is 0 Å². The van der Waals surface area contributed by atoms with Crippen LogP contribution in [0.15, 0.2) is 54.6 Å². The molecule has 28 heavy (non-hydrogen) atoms. The van der Waals surface area contributed by atoms with E-state index in [0.29, 0.717) is 10.6 Å². The molecular formula is C24H26N2OS. The number of nitrogens with one attached hydrogen (secondary N) is 1. The lowest BCUT2D eigenvalue weighted by Gasteiger charge is -2.13. The van der Waals surface area contributed by atoms with Crippen molar-refractivity contribution in [2.24, 2.45) is 0 Å². The molecule has 1 aromatic heterocycles. The van der Waals surface area contributed by atoms with Crippen molar-refractivity contribution >= 4 is 27.9 Å². The lowest BCUT2D eigenvalue weighted by Crippen LogP contribution is -2.16. The van der Waals surface area contributed by atoms with Crippen LogP contribution in [0.2, 0.25) is 0 Å². The number of fused-ring (bicyclic) bond motifs is 1. The zero-order valence-electron chi connectivity index (χ0n) is 16.0. The highest BCUT2D eigenvalue weighted by Gasteiger charge is 2.24. The van der Waals surface area contributed by atoms with Gasteiger partial charge in [-0.1, -0.05) is 42.5 Å². The lowest BCUT2D eigenvalue weighted by atomic mass is 9.95. The number of carbonyl (C=O) groups excluding carboxylic acids is 1. The first-order chi connectivity index (χ1) is 13.7. The van der Waals surface area contributed by atoms with Gasteiger partial charge in [0.15, 0.2) is 0 Å². The minimum atomic E-state index is -0.0753. The number of aryl methyl sites for hydroxylation is 3. The van der Waals surface area contributed by atoms with E-state index in [1.807, 2.05) is 12.1 Å². The van der Waals surface area contributed by atoms with E-state index in [1.165, 1.54) is 28.0 Å². The van der Waals surface area contributed by atoms with Crippen molar-refractivity contribution in [3.8, 4) is 0 Å². The second kappa shape index (κ2) is 8.61.